The van der Waals surface area contributed by atoms with E-state index in [0.717, 1.165) is 17.7 Å². The number of nitrogens with two attached hydrogens (primary N) is 1. The number of para-hydroxylation sites is 1. The van der Waals surface area contributed by atoms with Crippen LogP contribution in [-0.4, -0.2) is 36.7 Å². The lowest BCUT2D eigenvalue weighted by Gasteiger charge is -2.03. The molecule has 3 aromatic rings. The second-order valence-corrected chi connectivity index (χ2v) is 5.16. The summed E-state index contributed by atoms with van der Waals surface area (Å²) in [5, 5.41) is 12.9. The normalized spacial score (nSPS) is 10.7. The molecule has 0 aliphatic rings. The number of rotatable bonds is 5. The van der Waals surface area contributed by atoms with Crippen LogP contribution in [0.25, 0.3) is 5.69 Å². The van der Waals surface area contributed by atoms with Crippen LogP contribution < -0.4 is 5.73 Å². The van der Waals surface area contributed by atoms with E-state index in [-0.39, 0.29) is 0 Å². The fourth-order valence-corrected chi connectivity index (χ4v) is 2.43. The molecular weight excluding hydrogens is 286 g/mol. The van der Waals surface area contributed by atoms with E-state index < -0.39 is 0 Å². The van der Waals surface area contributed by atoms with Gasteiger partial charge in [0.1, 0.15) is 0 Å². The van der Waals surface area contributed by atoms with Crippen molar-refractivity contribution in [3.63, 3.8) is 0 Å². The van der Waals surface area contributed by atoms with Gasteiger partial charge in [-0.05, 0) is 52.9 Å². The summed E-state index contributed by atoms with van der Waals surface area (Å²) in [6.07, 6.45) is 4.32. The van der Waals surface area contributed by atoms with Crippen LogP contribution in [0.15, 0.2) is 53.0 Å². The third kappa shape index (κ3) is 3.23. The van der Waals surface area contributed by atoms with E-state index in [1.54, 1.807) is 17.1 Å². The van der Waals surface area contributed by atoms with Crippen molar-refractivity contribution in [2.24, 2.45) is 5.73 Å². The van der Waals surface area contributed by atoms with Crippen LogP contribution in [0, 0.1) is 0 Å². The Morgan fingerprint density at radius 3 is 2.57 bits per heavy atom. The van der Waals surface area contributed by atoms with Gasteiger partial charge in [-0.15, -0.1) is 5.10 Å². The lowest BCUT2D eigenvalue weighted by Crippen LogP contribution is -2.04. The van der Waals surface area contributed by atoms with Gasteiger partial charge in [-0.3, -0.25) is 0 Å². The zero-order valence-electron chi connectivity index (χ0n) is 11.1. The summed E-state index contributed by atoms with van der Waals surface area (Å²) in [4.78, 5) is 8.59. The summed E-state index contributed by atoms with van der Waals surface area (Å²) < 4.78 is 1.65. The van der Waals surface area contributed by atoms with Gasteiger partial charge in [0.2, 0.25) is 5.16 Å². The Morgan fingerprint density at radius 2 is 1.86 bits per heavy atom. The minimum atomic E-state index is 0.585. The average molecular weight is 299 g/mol. The average Bonchev–Trinajstić information content (AvgIpc) is 2.98. The molecule has 0 saturated carbocycles. The molecule has 0 aliphatic heterocycles. The first kappa shape index (κ1) is 13.7. The van der Waals surface area contributed by atoms with Gasteiger partial charge in [-0.1, -0.05) is 18.2 Å². The van der Waals surface area contributed by atoms with Crippen LogP contribution >= 0.6 is 11.8 Å². The van der Waals surface area contributed by atoms with Gasteiger partial charge in [0, 0.05) is 12.4 Å². The molecule has 0 fully saturated rings. The molecule has 0 bridgehead atoms. The Hall–Kier alpha value is -2.32. The summed E-state index contributed by atoms with van der Waals surface area (Å²) in [5.74, 6) is 0. The highest BCUT2D eigenvalue weighted by atomic mass is 32.2. The highest BCUT2D eigenvalue weighted by molar-refractivity contribution is 7.99. The second-order valence-electron chi connectivity index (χ2n) is 4.22. The summed E-state index contributed by atoms with van der Waals surface area (Å²) in [6.45, 7) is 0.585. The van der Waals surface area contributed by atoms with E-state index in [1.165, 1.54) is 11.8 Å². The van der Waals surface area contributed by atoms with E-state index in [4.69, 9.17) is 5.73 Å². The van der Waals surface area contributed by atoms with E-state index in [9.17, 15) is 0 Å². The molecule has 0 aliphatic carbocycles. The fraction of sp³-hybridized carbons (Fsp3) is 0.154. The Labute approximate surface area is 125 Å². The monoisotopic (exact) mass is 299 g/mol. The number of benzene rings is 1. The fourth-order valence-electron chi connectivity index (χ4n) is 1.75. The molecular formula is C13H13N7S. The molecule has 2 N–H and O–H groups in total. The SMILES string of the molecule is NCCc1cnc(Sc2nnnn2-c2ccccc2)nc1. The molecule has 21 heavy (non-hydrogen) atoms. The molecule has 0 atom stereocenters. The largest absolute Gasteiger partial charge is 0.330 e. The van der Waals surface area contributed by atoms with Gasteiger partial charge < -0.3 is 5.73 Å². The van der Waals surface area contributed by atoms with Crippen molar-refractivity contribution in [3.05, 3.63) is 48.3 Å². The van der Waals surface area contributed by atoms with Gasteiger partial charge >= 0.3 is 0 Å². The highest BCUT2D eigenvalue weighted by Gasteiger charge is 2.11. The van der Waals surface area contributed by atoms with Crippen molar-refractivity contribution in [1.29, 1.82) is 0 Å². The lowest BCUT2D eigenvalue weighted by molar-refractivity contribution is 0.754. The van der Waals surface area contributed by atoms with Gasteiger partial charge in [0.25, 0.3) is 0 Å². The summed E-state index contributed by atoms with van der Waals surface area (Å²) >= 11 is 1.32. The molecule has 0 radical (unpaired) electrons. The topological polar surface area (TPSA) is 95.4 Å². The summed E-state index contributed by atoms with van der Waals surface area (Å²) in [7, 11) is 0. The molecule has 7 nitrogen and oxygen atoms in total. The quantitative estimate of drug-likeness (QED) is 0.705. The third-order valence-corrected chi connectivity index (χ3v) is 3.57. The van der Waals surface area contributed by atoms with E-state index in [0.29, 0.717) is 16.9 Å². The van der Waals surface area contributed by atoms with Gasteiger partial charge in [0.15, 0.2) is 5.16 Å². The zero-order valence-corrected chi connectivity index (χ0v) is 11.9. The summed E-state index contributed by atoms with van der Waals surface area (Å²) in [6, 6.07) is 9.68. The highest BCUT2D eigenvalue weighted by Crippen LogP contribution is 2.23. The van der Waals surface area contributed by atoms with Gasteiger partial charge in [-0.2, -0.15) is 4.68 Å². The predicted molar refractivity (Wildman–Crippen MR) is 78.1 cm³/mol. The Morgan fingerprint density at radius 1 is 1.10 bits per heavy atom. The van der Waals surface area contributed by atoms with Crippen molar-refractivity contribution in [3.8, 4) is 5.69 Å². The maximum atomic E-state index is 5.50. The Balaban J connectivity index is 1.81. The van der Waals surface area contributed by atoms with Crippen molar-refractivity contribution in [1.82, 2.24) is 30.2 Å². The Kier molecular flexibility index (Phi) is 4.17. The number of tetrazole rings is 1. The molecule has 1 aromatic carbocycles. The minimum Gasteiger partial charge on any atom is -0.330 e. The van der Waals surface area contributed by atoms with Gasteiger partial charge in [0.05, 0.1) is 5.69 Å². The van der Waals surface area contributed by atoms with E-state index in [2.05, 4.69) is 25.5 Å². The summed E-state index contributed by atoms with van der Waals surface area (Å²) in [5.41, 5.74) is 7.41. The molecule has 0 saturated heterocycles. The number of aromatic nitrogens is 6. The van der Waals surface area contributed by atoms with Crippen molar-refractivity contribution in [2.45, 2.75) is 16.7 Å². The number of hydrogen-bond donors (Lipinski definition) is 1. The molecule has 0 spiro atoms. The number of nitrogens with zero attached hydrogens (tertiary/aromatic N) is 6. The third-order valence-electron chi connectivity index (χ3n) is 2.74. The molecule has 106 valence electrons. The predicted octanol–water partition coefficient (Wildman–Crippen LogP) is 1.10. The van der Waals surface area contributed by atoms with Crippen LogP contribution in [-0.2, 0) is 6.42 Å². The van der Waals surface area contributed by atoms with Crippen molar-refractivity contribution in [2.75, 3.05) is 6.54 Å². The standard InChI is InChI=1S/C13H13N7S/c14-7-6-10-8-15-12(16-9-10)21-13-17-18-19-20(13)11-4-2-1-3-5-11/h1-5,8-9H,6-7,14H2. The van der Waals surface area contributed by atoms with Crippen LogP contribution in [0.4, 0.5) is 0 Å². The minimum absolute atomic E-state index is 0.585. The molecule has 2 heterocycles. The maximum Gasteiger partial charge on any atom is 0.221 e. The van der Waals surface area contributed by atoms with Crippen LogP contribution in [0.5, 0.6) is 0 Å². The lowest BCUT2D eigenvalue weighted by atomic mass is 10.2. The van der Waals surface area contributed by atoms with Crippen LogP contribution in [0.2, 0.25) is 0 Å². The van der Waals surface area contributed by atoms with Crippen molar-refractivity contribution >= 4 is 11.8 Å². The van der Waals surface area contributed by atoms with Gasteiger partial charge in [-0.25, -0.2) is 9.97 Å². The smallest absolute Gasteiger partial charge is 0.221 e. The second kappa shape index (κ2) is 6.42. The zero-order chi connectivity index (χ0) is 14.5. The molecule has 0 unspecified atom stereocenters. The van der Waals surface area contributed by atoms with E-state index in [1.807, 2.05) is 30.3 Å². The molecule has 2 aromatic heterocycles. The first-order chi connectivity index (χ1) is 10.4. The van der Waals surface area contributed by atoms with Crippen LogP contribution in [0.3, 0.4) is 0 Å². The maximum absolute atomic E-state index is 5.50. The van der Waals surface area contributed by atoms with Crippen molar-refractivity contribution < 1.29 is 0 Å². The molecule has 3 rings (SSSR count). The number of hydrogen-bond acceptors (Lipinski definition) is 7. The first-order valence-corrected chi connectivity index (χ1v) is 7.21. The van der Waals surface area contributed by atoms with Crippen LogP contribution in [0.1, 0.15) is 5.56 Å². The molecule has 8 heteroatoms. The molecule has 0 amide bonds. The first-order valence-electron chi connectivity index (χ1n) is 6.39. The Bertz CT molecular complexity index is 696. The van der Waals surface area contributed by atoms with E-state index >= 15 is 0 Å².